The number of nitrogens with zero attached hydrogens (tertiary/aromatic N) is 1. The maximum absolute atomic E-state index is 12.5. The highest BCUT2D eigenvalue weighted by molar-refractivity contribution is 7.17. The third-order valence-corrected chi connectivity index (χ3v) is 5.47. The Hall–Kier alpha value is -3.19. The number of carbonyl (C=O) groups is 2. The lowest BCUT2D eigenvalue weighted by Gasteiger charge is -2.13. The molecule has 1 atom stereocenters. The van der Waals surface area contributed by atoms with Crippen molar-refractivity contribution in [1.29, 1.82) is 0 Å². The molecule has 3 aromatic rings. The molecule has 1 amide bonds. The van der Waals surface area contributed by atoms with Gasteiger partial charge in [0.1, 0.15) is 15.6 Å². The fourth-order valence-corrected chi connectivity index (χ4v) is 3.59. The highest BCUT2D eigenvalue weighted by Crippen LogP contribution is 2.28. The predicted molar refractivity (Wildman–Crippen MR) is 112 cm³/mol. The van der Waals surface area contributed by atoms with Crippen molar-refractivity contribution in [2.45, 2.75) is 26.5 Å². The molecule has 1 aromatic heterocycles. The quantitative estimate of drug-likeness (QED) is 0.596. The topological polar surface area (TPSA) is 77.5 Å². The molecule has 0 spiro atoms. The summed E-state index contributed by atoms with van der Waals surface area (Å²) in [5.41, 5.74) is 2.44. The van der Waals surface area contributed by atoms with Gasteiger partial charge in [0.15, 0.2) is 6.10 Å². The van der Waals surface area contributed by atoms with Gasteiger partial charge in [-0.05, 0) is 31.5 Å². The Kier molecular flexibility index (Phi) is 6.61. The van der Waals surface area contributed by atoms with Crippen LogP contribution in [0.5, 0.6) is 5.75 Å². The van der Waals surface area contributed by atoms with Crippen molar-refractivity contribution in [3.05, 3.63) is 70.7 Å². The predicted octanol–water partition coefficient (Wildman–Crippen LogP) is 3.99. The lowest BCUT2D eigenvalue weighted by atomic mass is 10.2. The minimum absolute atomic E-state index is 0.336. The molecule has 29 heavy (non-hydrogen) atoms. The van der Waals surface area contributed by atoms with Gasteiger partial charge in [-0.2, -0.15) is 0 Å². The molecule has 0 radical (unpaired) electrons. The molecule has 0 fully saturated rings. The van der Waals surface area contributed by atoms with Gasteiger partial charge >= 0.3 is 5.97 Å². The maximum atomic E-state index is 12.5. The van der Waals surface area contributed by atoms with Crippen LogP contribution in [0, 0.1) is 6.92 Å². The van der Waals surface area contributed by atoms with Crippen LogP contribution < -0.4 is 10.1 Å². The number of esters is 1. The van der Waals surface area contributed by atoms with Crippen molar-refractivity contribution < 1.29 is 19.1 Å². The van der Waals surface area contributed by atoms with Gasteiger partial charge in [0.25, 0.3) is 5.91 Å². The number of ether oxygens (including phenoxy) is 2. The van der Waals surface area contributed by atoms with E-state index in [9.17, 15) is 9.59 Å². The van der Waals surface area contributed by atoms with Crippen molar-refractivity contribution in [1.82, 2.24) is 10.3 Å². The molecular weight excluding hydrogens is 388 g/mol. The van der Waals surface area contributed by atoms with E-state index in [0.29, 0.717) is 17.1 Å². The summed E-state index contributed by atoms with van der Waals surface area (Å²) in [4.78, 5) is 29.7. The van der Waals surface area contributed by atoms with Crippen LogP contribution in [0.15, 0.2) is 54.6 Å². The molecule has 0 aliphatic heterocycles. The van der Waals surface area contributed by atoms with Crippen molar-refractivity contribution in [2.24, 2.45) is 0 Å². The van der Waals surface area contributed by atoms with E-state index in [2.05, 4.69) is 10.3 Å². The fourth-order valence-electron chi connectivity index (χ4n) is 2.63. The number of methoxy groups -OCH3 is 1. The third-order valence-electron chi connectivity index (χ3n) is 4.28. The first-order chi connectivity index (χ1) is 14.0. The van der Waals surface area contributed by atoms with Gasteiger partial charge in [-0.1, -0.05) is 42.5 Å². The Labute approximate surface area is 173 Å². The first-order valence-electron chi connectivity index (χ1n) is 9.12. The second-order valence-electron chi connectivity index (χ2n) is 6.41. The van der Waals surface area contributed by atoms with E-state index in [1.54, 1.807) is 21.0 Å². The summed E-state index contributed by atoms with van der Waals surface area (Å²) in [6.07, 6.45) is -0.914. The minimum atomic E-state index is -0.914. The van der Waals surface area contributed by atoms with Crippen molar-refractivity contribution in [2.75, 3.05) is 7.11 Å². The summed E-state index contributed by atoms with van der Waals surface area (Å²) >= 11 is 1.26. The number of nitrogens with one attached hydrogen (secondary N) is 1. The molecule has 1 heterocycles. The lowest BCUT2D eigenvalue weighted by molar-refractivity contribution is -0.129. The Bertz CT molecular complexity index is 984. The summed E-state index contributed by atoms with van der Waals surface area (Å²) in [5.74, 6) is -0.161. The number of amides is 1. The summed E-state index contributed by atoms with van der Waals surface area (Å²) in [6.45, 7) is 3.64. The zero-order valence-electron chi connectivity index (χ0n) is 16.5. The smallest absolute Gasteiger partial charge is 0.351 e. The van der Waals surface area contributed by atoms with Crippen LogP contribution in [0.25, 0.3) is 10.6 Å². The second-order valence-corrected chi connectivity index (χ2v) is 7.41. The van der Waals surface area contributed by atoms with E-state index in [1.165, 1.54) is 11.3 Å². The summed E-state index contributed by atoms with van der Waals surface area (Å²) in [5, 5.41) is 3.51. The molecule has 1 N–H and O–H groups in total. The first-order valence-corrected chi connectivity index (χ1v) is 9.94. The Morgan fingerprint density at radius 1 is 1.10 bits per heavy atom. The van der Waals surface area contributed by atoms with Gasteiger partial charge in [-0.3, -0.25) is 4.79 Å². The van der Waals surface area contributed by atoms with Crippen LogP contribution in [-0.2, 0) is 16.1 Å². The normalized spacial score (nSPS) is 11.6. The molecule has 2 aromatic carbocycles. The van der Waals surface area contributed by atoms with Crippen LogP contribution >= 0.6 is 11.3 Å². The maximum Gasteiger partial charge on any atom is 0.351 e. The SMILES string of the molecule is COc1ccc(CNC(=O)[C@H](C)OC(=O)c2sc(-c3ccccc3)nc2C)cc1. The van der Waals surface area contributed by atoms with Crippen LogP contribution in [0.3, 0.4) is 0 Å². The third kappa shape index (κ3) is 5.20. The lowest BCUT2D eigenvalue weighted by Crippen LogP contribution is -2.35. The zero-order valence-corrected chi connectivity index (χ0v) is 17.3. The van der Waals surface area contributed by atoms with Crippen LogP contribution in [0.1, 0.15) is 27.9 Å². The second kappa shape index (κ2) is 9.34. The molecular formula is C22H22N2O4S. The number of hydrogen-bond acceptors (Lipinski definition) is 6. The molecule has 6 nitrogen and oxygen atoms in total. The van der Waals surface area contributed by atoms with Gasteiger partial charge in [0.05, 0.1) is 12.8 Å². The fraction of sp³-hybridized carbons (Fsp3) is 0.227. The molecule has 0 bridgehead atoms. The summed E-state index contributed by atoms with van der Waals surface area (Å²) in [7, 11) is 1.60. The minimum Gasteiger partial charge on any atom is -0.497 e. The molecule has 0 saturated heterocycles. The van der Waals surface area contributed by atoms with E-state index in [1.807, 2.05) is 54.6 Å². The average molecular weight is 410 g/mol. The van der Waals surface area contributed by atoms with E-state index in [-0.39, 0.29) is 5.91 Å². The van der Waals surface area contributed by atoms with Gasteiger partial charge in [0, 0.05) is 12.1 Å². The van der Waals surface area contributed by atoms with Crippen molar-refractivity contribution in [3.8, 4) is 16.3 Å². The Morgan fingerprint density at radius 2 is 1.79 bits per heavy atom. The van der Waals surface area contributed by atoms with Crippen molar-refractivity contribution >= 4 is 23.2 Å². The van der Waals surface area contributed by atoms with Crippen molar-refractivity contribution in [3.63, 3.8) is 0 Å². The molecule has 7 heteroatoms. The summed E-state index contributed by atoms with van der Waals surface area (Å²) in [6, 6.07) is 17.0. The molecule has 150 valence electrons. The van der Waals surface area contributed by atoms with E-state index in [0.717, 1.165) is 21.9 Å². The zero-order chi connectivity index (χ0) is 20.8. The Morgan fingerprint density at radius 3 is 2.45 bits per heavy atom. The number of hydrogen-bond donors (Lipinski definition) is 1. The largest absolute Gasteiger partial charge is 0.497 e. The van der Waals surface area contributed by atoms with Crippen LogP contribution in [0.4, 0.5) is 0 Å². The monoisotopic (exact) mass is 410 g/mol. The van der Waals surface area contributed by atoms with Gasteiger partial charge < -0.3 is 14.8 Å². The number of aryl methyl sites for hydroxylation is 1. The number of benzene rings is 2. The molecule has 0 aliphatic rings. The highest BCUT2D eigenvalue weighted by Gasteiger charge is 2.23. The van der Waals surface area contributed by atoms with Gasteiger partial charge in [-0.25, -0.2) is 9.78 Å². The number of carbonyl (C=O) groups excluding carboxylic acids is 2. The first kappa shape index (κ1) is 20.5. The highest BCUT2D eigenvalue weighted by atomic mass is 32.1. The number of thiazole rings is 1. The molecule has 0 saturated carbocycles. The van der Waals surface area contributed by atoms with Gasteiger partial charge in [-0.15, -0.1) is 11.3 Å². The number of rotatable bonds is 7. The van der Waals surface area contributed by atoms with E-state index >= 15 is 0 Å². The van der Waals surface area contributed by atoms with Gasteiger partial charge in [0.2, 0.25) is 0 Å². The summed E-state index contributed by atoms with van der Waals surface area (Å²) < 4.78 is 10.5. The molecule has 0 aliphatic carbocycles. The van der Waals surface area contributed by atoms with E-state index < -0.39 is 12.1 Å². The van der Waals surface area contributed by atoms with E-state index in [4.69, 9.17) is 9.47 Å². The molecule has 0 unspecified atom stereocenters. The average Bonchev–Trinajstić information content (AvgIpc) is 3.14. The number of aromatic nitrogens is 1. The van der Waals surface area contributed by atoms with Crippen LogP contribution in [0.2, 0.25) is 0 Å². The Balaban J connectivity index is 1.58. The molecule has 3 rings (SSSR count). The standard InChI is InChI=1S/C22H22N2O4S/c1-14-19(29-21(24-14)17-7-5-4-6-8-17)22(26)28-15(2)20(25)23-13-16-9-11-18(27-3)12-10-16/h4-12,15H,13H2,1-3H3,(H,23,25)/t15-/m0/s1. The van der Waals surface area contributed by atoms with Crippen LogP contribution in [-0.4, -0.2) is 30.1 Å².